The molecule has 4 nitrogen and oxygen atoms in total. The van der Waals surface area contributed by atoms with Gasteiger partial charge in [0.2, 0.25) is 0 Å². The van der Waals surface area contributed by atoms with Crippen LogP contribution in [-0.2, 0) is 6.54 Å². The van der Waals surface area contributed by atoms with E-state index in [9.17, 15) is 0 Å². The van der Waals surface area contributed by atoms with Crippen molar-refractivity contribution in [3.63, 3.8) is 0 Å². The summed E-state index contributed by atoms with van der Waals surface area (Å²) in [6.07, 6.45) is 5.63. The molecule has 4 rings (SSSR count). The lowest BCUT2D eigenvalue weighted by atomic mass is 10.0. The minimum absolute atomic E-state index is 0.395. The van der Waals surface area contributed by atoms with E-state index in [1.807, 2.05) is 24.7 Å². The van der Waals surface area contributed by atoms with Crippen LogP contribution >= 0.6 is 0 Å². The molecule has 2 aromatic heterocycles. The highest BCUT2D eigenvalue weighted by Crippen LogP contribution is 2.25. The molecule has 1 saturated heterocycles. The molecule has 3 heterocycles. The van der Waals surface area contributed by atoms with Gasteiger partial charge in [0.1, 0.15) is 0 Å². The van der Waals surface area contributed by atoms with Gasteiger partial charge >= 0.3 is 0 Å². The predicted octanol–water partition coefficient (Wildman–Crippen LogP) is 3.08. The van der Waals surface area contributed by atoms with Crippen molar-refractivity contribution in [3.8, 4) is 0 Å². The van der Waals surface area contributed by atoms with Gasteiger partial charge in [-0.2, -0.15) is 0 Å². The molecule has 1 atom stereocenters. The van der Waals surface area contributed by atoms with Crippen molar-refractivity contribution < 1.29 is 0 Å². The van der Waals surface area contributed by atoms with Crippen molar-refractivity contribution in [2.45, 2.75) is 19.5 Å². The third-order valence-electron chi connectivity index (χ3n) is 4.79. The van der Waals surface area contributed by atoms with Gasteiger partial charge in [0.05, 0.1) is 5.52 Å². The van der Waals surface area contributed by atoms with E-state index >= 15 is 0 Å². The van der Waals surface area contributed by atoms with Gasteiger partial charge in [-0.3, -0.25) is 14.9 Å². The number of aryl methyl sites for hydroxylation is 1. The zero-order chi connectivity index (χ0) is 16.4. The molecule has 0 amide bonds. The van der Waals surface area contributed by atoms with E-state index in [-0.39, 0.29) is 0 Å². The van der Waals surface area contributed by atoms with Gasteiger partial charge in [0.15, 0.2) is 0 Å². The van der Waals surface area contributed by atoms with Crippen LogP contribution in [0.5, 0.6) is 0 Å². The highest BCUT2D eigenvalue weighted by atomic mass is 15.2. The van der Waals surface area contributed by atoms with Crippen molar-refractivity contribution in [2.24, 2.45) is 0 Å². The third kappa shape index (κ3) is 3.03. The molecule has 0 bridgehead atoms. The molecule has 1 aliphatic rings. The zero-order valence-electron chi connectivity index (χ0n) is 13.9. The molecule has 122 valence electrons. The maximum absolute atomic E-state index is 4.50. The van der Waals surface area contributed by atoms with Gasteiger partial charge in [0.25, 0.3) is 0 Å². The monoisotopic (exact) mass is 318 g/mol. The van der Waals surface area contributed by atoms with Crippen molar-refractivity contribution in [1.82, 2.24) is 20.2 Å². The normalized spacial score (nSPS) is 18.8. The van der Waals surface area contributed by atoms with Crippen LogP contribution in [0.3, 0.4) is 0 Å². The van der Waals surface area contributed by atoms with Gasteiger partial charge in [-0.15, -0.1) is 0 Å². The Labute approximate surface area is 142 Å². The van der Waals surface area contributed by atoms with Crippen LogP contribution in [0, 0.1) is 6.92 Å². The number of rotatable bonds is 3. The Hall–Kier alpha value is -2.30. The molecule has 0 aliphatic carbocycles. The Morgan fingerprint density at radius 3 is 2.92 bits per heavy atom. The molecule has 0 radical (unpaired) electrons. The second-order valence-corrected chi connectivity index (χ2v) is 6.46. The Morgan fingerprint density at radius 1 is 1.17 bits per heavy atom. The summed E-state index contributed by atoms with van der Waals surface area (Å²) in [6, 6.07) is 13.4. The van der Waals surface area contributed by atoms with Crippen LogP contribution in [0.4, 0.5) is 0 Å². The Morgan fingerprint density at radius 2 is 2.04 bits per heavy atom. The van der Waals surface area contributed by atoms with Crippen molar-refractivity contribution in [1.29, 1.82) is 0 Å². The van der Waals surface area contributed by atoms with Crippen molar-refractivity contribution in [2.75, 3.05) is 19.6 Å². The van der Waals surface area contributed by atoms with Crippen molar-refractivity contribution >= 4 is 10.9 Å². The average molecular weight is 318 g/mol. The number of fused-ring (bicyclic) bond motifs is 1. The summed E-state index contributed by atoms with van der Waals surface area (Å²) in [4.78, 5) is 11.2. The first kappa shape index (κ1) is 15.2. The quantitative estimate of drug-likeness (QED) is 0.806. The second-order valence-electron chi connectivity index (χ2n) is 6.46. The molecular weight excluding hydrogens is 296 g/mol. The summed E-state index contributed by atoms with van der Waals surface area (Å²) in [5, 5.41) is 4.74. The number of hydrogen-bond donors (Lipinski definition) is 1. The van der Waals surface area contributed by atoms with Crippen LogP contribution < -0.4 is 5.32 Å². The van der Waals surface area contributed by atoms with Gasteiger partial charge in [0, 0.05) is 56.2 Å². The van der Waals surface area contributed by atoms with Crippen LogP contribution in [0.15, 0.2) is 55.0 Å². The maximum Gasteiger partial charge on any atom is 0.0731 e. The van der Waals surface area contributed by atoms with Gasteiger partial charge in [-0.1, -0.05) is 12.1 Å². The van der Waals surface area contributed by atoms with E-state index in [0.717, 1.165) is 31.7 Å². The summed E-state index contributed by atoms with van der Waals surface area (Å²) in [5.74, 6) is 0. The van der Waals surface area contributed by atoms with Gasteiger partial charge in [-0.25, -0.2) is 0 Å². The average Bonchev–Trinajstić information content (AvgIpc) is 2.63. The van der Waals surface area contributed by atoms with E-state index in [2.05, 4.69) is 57.4 Å². The minimum atomic E-state index is 0.395. The lowest BCUT2D eigenvalue weighted by molar-refractivity contribution is 0.153. The van der Waals surface area contributed by atoms with Gasteiger partial charge in [-0.05, 0) is 47.9 Å². The lowest BCUT2D eigenvalue weighted by Gasteiger charge is -2.36. The van der Waals surface area contributed by atoms with E-state index in [4.69, 9.17) is 0 Å². The number of benzene rings is 1. The first-order valence-corrected chi connectivity index (χ1v) is 8.50. The van der Waals surface area contributed by atoms with E-state index in [1.54, 1.807) is 0 Å². The minimum Gasteiger partial charge on any atom is -0.314 e. The fraction of sp³-hybridized carbons (Fsp3) is 0.300. The van der Waals surface area contributed by atoms with Crippen LogP contribution in [0.1, 0.15) is 22.7 Å². The third-order valence-corrected chi connectivity index (χ3v) is 4.79. The molecule has 1 aromatic carbocycles. The van der Waals surface area contributed by atoms with Crippen molar-refractivity contribution in [3.05, 3.63) is 71.7 Å². The van der Waals surface area contributed by atoms with Crippen LogP contribution in [0.2, 0.25) is 0 Å². The summed E-state index contributed by atoms with van der Waals surface area (Å²) >= 11 is 0. The predicted molar refractivity (Wildman–Crippen MR) is 96.7 cm³/mol. The summed E-state index contributed by atoms with van der Waals surface area (Å²) < 4.78 is 0. The highest BCUT2D eigenvalue weighted by molar-refractivity contribution is 5.82. The Kier molecular flexibility index (Phi) is 4.24. The van der Waals surface area contributed by atoms with E-state index < -0.39 is 0 Å². The second kappa shape index (κ2) is 6.67. The van der Waals surface area contributed by atoms with Crippen LogP contribution in [-0.4, -0.2) is 34.5 Å². The molecule has 24 heavy (non-hydrogen) atoms. The highest BCUT2D eigenvalue weighted by Gasteiger charge is 2.23. The topological polar surface area (TPSA) is 41.0 Å². The first-order chi connectivity index (χ1) is 11.8. The summed E-state index contributed by atoms with van der Waals surface area (Å²) in [7, 11) is 0. The first-order valence-electron chi connectivity index (χ1n) is 8.50. The SMILES string of the molecule is Cc1cc(CN2CCNCC2c2ccncc2)cc2cccnc12. The molecule has 0 saturated carbocycles. The molecule has 1 fully saturated rings. The van der Waals surface area contributed by atoms with Crippen LogP contribution in [0.25, 0.3) is 10.9 Å². The molecule has 0 spiro atoms. The Bertz CT molecular complexity index is 831. The molecule has 1 unspecified atom stereocenters. The summed E-state index contributed by atoms with van der Waals surface area (Å²) in [5.41, 5.74) is 5.04. The van der Waals surface area contributed by atoms with E-state index in [1.165, 1.54) is 22.1 Å². The maximum atomic E-state index is 4.50. The number of aromatic nitrogens is 2. The standard InChI is InChI=1S/C20H22N4/c1-15-11-16(12-18-3-2-6-23-20(15)18)14-24-10-9-22-13-19(24)17-4-7-21-8-5-17/h2-8,11-12,19,22H,9-10,13-14H2,1H3. The largest absolute Gasteiger partial charge is 0.314 e. The fourth-order valence-corrected chi connectivity index (χ4v) is 3.63. The zero-order valence-corrected chi connectivity index (χ0v) is 13.9. The lowest BCUT2D eigenvalue weighted by Crippen LogP contribution is -2.45. The van der Waals surface area contributed by atoms with Gasteiger partial charge < -0.3 is 5.32 Å². The number of nitrogens with one attached hydrogen (secondary N) is 1. The number of nitrogens with zero attached hydrogens (tertiary/aromatic N) is 3. The molecule has 4 heteroatoms. The van der Waals surface area contributed by atoms with E-state index in [0.29, 0.717) is 6.04 Å². The smallest absolute Gasteiger partial charge is 0.0731 e. The molecule has 3 aromatic rings. The Balaban J connectivity index is 1.63. The number of piperazine rings is 1. The fourth-order valence-electron chi connectivity index (χ4n) is 3.63. The number of hydrogen-bond acceptors (Lipinski definition) is 4. The summed E-state index contributed by atoms with van der Waals surface area (Å²) in [6.45, 7) is 6.18. The number of pyridine rings is 2. The molecule has 1 aliphatic heterocycles. The molecule has 1 N–H and O–H groups in total. The molecular formula is C20H22N4.